The number of hydrogen-bond donors (Lipinski definition) is 2. The Balaban J connectivity index is 2.54. The van der Waals surface area contributed by atoms with E-state index in [1.54, 1.807) is 0 Å². The standard InChI is InChI=1S/C13H26N2O/c1-5-10-8-6-7-9-11(10)15-12(16)13(2,3)14-4/h10-11,14H,5-9H2,1-4H3,(H,15,16). The lowest BCUT2D eigenvalue weighted by Crippen LogP contribution is -2.55. The van der Waals surface area contributed by atoms with Crippen molar-refractivity contribution < 1.29 is 4.79 Å². The second kappa shape index (κ2) is 5.67. The smallest absolute Gasteiger partial charge is 0.239 e. The Morgan fingerprint density at radius 1 is 1.31 bits per heavy atom. The van der Waals surface area contributed by atoms with Gasteiger partial charge in [-0.25, -0.2) is 0 Å². The first kappa shape index (κ1) is 13.5. The first-order valence-corrected chi connectivity index (χ1v) is 6.51. The Morgan fingerprint density at radius 2 is 1.94 bits per heavy atom. The van der Waals surface area contributed by atoms with Crippen LogP contribution in [0.4, 0.5) is 0 Å². The fraction of sp³-hybridized carbons (Fsp3) is 0.923. The van der Waals surface area contributed by atoms with Gasteiger partial charge in [0, 0.05) is 6.04 Å². The molecule has 94 valence electrons. The Bertz CT molecular complexity index is 238. The van der Waals surface area contributed by atoms with Crippen LogP contribution >= 0.6 is 0 Å². The van der Waals surface area contributed by atoms with Gasteiger partial charge in [0.15, 0.2) is 0 Å². The van der Waals surface area contributed by atoms with Gasteiger partial charge in [0.05, 0.1) is 5.54 Å². The molecule has 3 nitrogen and oxygen atoms in total. The lowest BCUT2D eigenvalue weighted by Gasteiger charge is -2.34. The van der Waals surface area contributed by atoms with E-state index in [0.29, 0.717) is 12.0 Å². The summed E-state index contributed by atoms with van der Waals surface area (Å²) in [6, 6.07) is 0.388. The number of carbonyl (C=O) groups is 1. The molecule has 2 atom stereocenters. The average molecular weight is 226 g/mol. The van der Waals surface area contributed by atoms with Crippen LogP contribution < -0.4 is 10.6 Å². The molecule has 2 unspecified atom stereocenters. The number of likely N-dealkylation sites (N-methyl/N-ethyl adjacent to an activating group) is 1. The van der Waals surface area contributed by atoms with Gasteiger partial charge in [-0.2, -0.15) is 0 Å². The molecule has 0 saturated heterocycles. The van der Waals surface area contributed by atoms with E-state index in [-0.39, 0.29) is 5.91 Å². The van der Waals surface area contributed by atoms with Gasteiger partial charge in [-0.3, -0.25) is 4.79 Å². The first-order chi connectivity index (χ1) is 7.51. The molecule has 0 aromatic heterocycles. The molecule has 3 heteroatoms. The van der Waals surface area contributed by atoms with E-state index >= 15 is 0 Å². The van der Waals surface area contributed by atoms with Gasteiger partial charge >= 0.3 is 0 Å². The van der Waals surface area contributed by atoms with Gasteiger partial charge in [-0.1, -0.05) is 26.2 Å². The monoisotopic (exact) mass is 226 g/mol. The molecule has 16 heavy (non-hydrogen) atoms. The zero-order valence-electron chi connectivity index (χ0n) is 11.1. The third-order valence-electron chi connectivity index (χ3n) is 3.94. The van der Waals surface area contributed by atoms with Gasteiger partial charge in [0.1, 0.15) is 0 Å². The minimum atomic E-state index is -0.463. The van der Waals surface area contributed by atoms with Crippen LogP contribution in [-0.4, -0.2) is 24.5 Å². The molecule has 1 rings (SSSR count). The number of amides is 1. The second-order valence-electron chi connectivity index (χ2n) is 5.41. The molecular formula is C13H26N2O. The van der Waals surface area contributed by atoms with E-state index in [1.807, 2.05) is 20.9 Å². The van der Waals surface area contributed by atoms with Gasteiger partial charge in [-0.15, -0.1) is 0 Å². The van der Waals surface area contributed by atoms with Gasteiger partial charge in [0.2, 0.25) is 5.91 Å². The molecule has 1 aliphatic carbocycles. The molecule has 0 aromatic carbocycles. The summed E-state index contributed by atoms with van der Waals surface area (Å²) >= 11 is 0. The molecule has 0 aliphatic heterocycles. The minimum Gasteiger partial charge on any atom is -0.352 e. The normalized spacial score (nSPS) is 26.5. The maximum absolute atomic E-state index is 12.1. The van der Waals surface area contributed by atoms with Gasteiger partial charge < -0.3 is 10.6 Å². The highest BCUT2D eigenvalue weighted by molar-refractivity contribution is 5.85. The van der Waals surface area contributed by atoms with Crippen molar-refractivity contribution >= 4 is 5.91 Å². The van der Waals surface area contributed by atoms with Crippen LogP contribution in [0.25, 0.3) is 0 Å². The SMILES string of the molecule is CCC1CCCCC1NC(=O)C(C)(C)NC. The molecular weight excluding hydrogens is 200 g/mol. The predicted octanol–water partition coefficient (Wildman–Crippen LogP) is 2.07. The van der Waals surface area contributed by atoms with Crippen molar-refractivity contribution in [1.29, 1.82) is 0 Å². The second-order valence-corrected chi connectivity index (χ2v) is 5.41. The molecule has 0 radical (unpaired) electrons. The van der Waals surface area contributed by atoms with Crippen molar-refractivity contribution in [2.75, 3.05) is 7.05 Å². The van der Waals surface area contributed by atoms with Crippen LogP contribution in [-0.2, 0) is 4.79 Å². The number of hydrogen-bond acceptors (Lipinski definition) is 2. The molecule has 1 saturated carbocycles. The lowest BCUT2D eigenvalue weighted by atomic mass is 9.82. The van der Waals surface area contributed by atoms with Crippen LogP contribution in [0.5, 0.6) is 0 Å². The molecule has 2 N–H and O–H groups in total. The molecule has 1 aliphatic rings. The van der Waals surface area contributed by atoms with Crippen molar-refractivity contribution in [2.45, 2.75) is 64.5 Å². The fourth-order valence-electron chi connectivity index (χ4n) is 2.35. The summed E-state index contributed by atoms with van der Waals surface area (Å²) in [7, 11) is 1.83. The number of rotatable bonds is 4. The van der Waals surface area contributed by atoms with E-state index < -0.39 is 5.54 Å². The Hall–Kier alpha value is -0.570. The molecule has 0 aromatic rings. The van der Waals surface area contributed by atoms with Gasteiger partial charge in [0.25, 0.3) is 0 Å². The summed E-state index contributed by atoms with van der Waals surface area (Å²) < 4.78 is 0. The Morgan fingerprint density at radius 3 is 2.50 bits per heavy atom. The van der Waals surface area contributed by atoms with E-state index in [1.165, 1.54) is 25.7 Å². The zero-order valence-corrected chi connectivity index (χ0v) is 11.1. The predicted molar refractivity (Wildman–Crippen MR) is 67.3 cm³/mol. The summed E-state index contributed by atoms with van der Waals surface area (Å²) in [5.41, 5.74) is -0.463. The summed E-state index contributed by atoms with van der Waals surface area (Å²) in [6.45, 7) is 6.07. The van der Waals surface area contributed by atoms with E-state index in [2.05, 4.69) is 17.6 Å². The van der Waals surface area contributed by atoms with E-state index in [0.717, 1.165) is 6.42 Å². The topological polar surface area (TPSA) is 41.1 Å². The molecule has 1 fully saturated rings. The first-order valence-electron chi connectivity index (χ1n) is 6.51. The molecule has 0 spiro atoms. The van der Waals surface area contributed by atoms with Gasteiger partial charge in [-0.05, 0) is 39.7 Å². The quantitative estimate of drug-likeness (QED) is 0.770. The van der Waals surface area contributed by atoms with Crippen molar-refractivity contribution in [3.8, 4) is 0 Å². The summed E-state index contributed by atoms with van der Waals surface area (Å²) in [5, 5.41) is 6.26. The van der Waals surface area contributed by atoms with Crippen LogP contribution in [0.2, 0.25) is 0 Å². The van der Waals surface area contributed by atoms with Crippen molar-refractivity contribution in [3.63, 3.8) is 0 Å². The Labute approximate surface area is 99.4 Å². The molecule has 0 bridgehead atoms. The van der Waals surface area contributed by atoms with Crippen molar-refractivity contribution in [3.05, 3.63) is 0 Å². The van der Waals surface area contributed by atoms with E-state index in [4.69, 9.17) is 0 Å². The van der Waals surface area contributed by atoms with Crippen molar-refractivity contribution in [1.82, 2.24) is 10.6 Å². The summed E-state index contributed by atoms with van der Waals surface area (Å²) in [4.78, 5) is 12.1. The largest absolute Gasteiger partial charge is 0.352 e. The van der Waals surface area contributed by atoms with Crippen molar-refractivity contribution in [2.24, 2.45) is 5.92 Å². The van der Waals surface area contributed by atoms with Crippen LogP contribution in [0.3, 0.4) is 0 Å². The zero-order chi connectivity index (χ0) is 12.2. The minimum absolute atomic E-state index is 0.125. The Kier molecular flexibility index (Phi) is 4.78. The molecule has 1 amide bonds. The highest BCUT2D eigenvalue weighted by atomic mass is 16.2. The third-order valence-corrected chi connectivity index (χ3v) is 3.94. The lowest BCUT2D eigenvalue weighted by molar-refractivity contribution is -0.127. The average Bonchev–Trinajstić information content (AvgIpc) is 2.29. The highest BCUT2D eigenvalue weighted by Gasteiger charge is 2.31. The maximum atomic E-state index is 12.1. The summed E-state index contributed by atoms with van der Waals surface area (Å²) in [6.07, 6.45) is 6.15. The van der Waals surface area contributed by atoms with Crippen LogP contribution in [0.1, 0.15) is 52.9 Å². The number of carbonyl (C=O) groups excluding carboxylic acids is 1. The van der Waals surface area contributed by atoms with Crippen LogP contribution in [0.15, 0.2) is 0 Å². The number of nitrogens with one attached hydrogen (secondary N) is 2. The fourth-order valence-corrected chi connectivity index (χ4v) is 2.35. The highest BCUT2D eigenvalue weighted by Crippen LogP contribution is 2.27. The maximum Gasteiger partial charge on any atom is 0.239 e. The third kappa shape index (κ3) is 3.21. The van der Waals surface area contributed by atoms with Crippen LogP contribution in [0, 0.1) is 5.92 Å². The summed E-state index contributed by atoms with van der Waals surface area (Å²) in [5.74, 6) is 0.797. The van der Waals surface area contributed by atoms with E-state index in [9.17, 15) is 4.79 Å². The molecule has 0 heterocycles.